The lowest BCUT2D eigenvalue weighted by Gasteiger charge is -2.31. The van der Waals surface area contributed by atoms with Gasteiger partial charge in [-0.1, -0.05) is 30.2 Å². The summed E-state index contributed by atoms with van der Waals surface area (Å²) in [6.45, 7) is 2.76. The van der Waals surface area contributed by atoms with Crippen LogP contribution in [0.1, 0.15) is 31.7 Å². The van der Waals surface area contributed by atoms with Crippen LogP contribution in [0.3, 0.4) is 0 Å². The molecule has 8 nitrogen and oxygen atoms in total. The normalized spacial score (nSPS) is 15.4. The fourth-order valence-corrected chi connectivity index (χ4v) is 5.38. The van der Waals surface area contributed by atoms with Gasteiger partial charge in [-0.2, -0.15) is 0 Å². The van der Waals surface area contributed by atoms with E-state index in [1.807, 2.05) is 4.90 Å². The van der Waals surface area contributed by atoms with E-state index in [9.17, 15) is 17.2 Å². The van der Waals surface area contributed by atoms with Crippen molar-refractivity contribution in [2.45, 2.75) is 38.2 Å². The number of likely N-dealkylation sites (tertiary alicyclic amines) is 1. The zero-order valence-electron chi connectivity index (χ0n) is 19.5. The minimum atomic E-state index is -3.66. The first kappa shape index (κ1) is 26.1. The molecule has 3 aromatic rings. The molecule has 0 saturated carbocycles. The Morgan fingerprint density at radius 2 is 1.89 bits per heavy atom. The molecule has 1 aromatic heterocycles. The number of benzene rings is 2. The first-order valence-corrected chi connectivity index (χ1v) is 13.3. The maximum atomic E-state index is 14.1. The number of rotatable bonds is 8. The average molecular weight is 538 g/mol. The number of halogens is 3. The molecule has 192 valence electrons. The van der Waals surface area contributed by atoms with E-state index in [1.54, 1.807) is 31.2 Å². The second-order valence-electron chi connectivity index (χ2n) is 8.48. The summed E-state index contributed by atoms with van der Waals surface area (Å²) in [6, 6.07) is 8.53. The van der Waals surface area contributed by atoms with E-state index in [0.717, 1.165) is 44.5 Å². The summed E-state index contributed by atoms with van der Waals surface area (Å²) < 4.78 is 61.9. The van der Waals surface area contributed by atoms with Crippen LogP contribution in [0.15, 0.2) is 42.6 Å². The molecule has 0 bridgehead atoms. The number of nitrogens with two attached hydrogens (primary N) is 1. The van der Waals surface area contributed by atoms with Gasteiger partial charge in [0.15, 0.2) is 5.82 Å². The first-order chi connectivity index (χ1) is 17.2. The van der Waals surface area contributed by atoms with Crippen LogP contribution in [-0.2, 0) is 16.6 Å². The monoisotopic (exact) mass is 537 g/mol. The van der Waals surface area contributed by atoms with E-state index in [1.165, 1.54) is 6.20 Å². The van der Waals surface area contributed by atoms with Crippen LogP contribution < -0.4 is 15.2 Å². The number of nitrogens with one attached hydrogen (secondary N) is 1. The smallest absolute Gasteiger partial charge is 0.258 e. The topological polar surface area (TPSA) is 110 Å². The van der Waals surface area contributed by atoms with Crippen LogP contribution in [0.2, 0.25) is 5.02 Å². The SMILES string of the molecule is CC(N1CCCCC1)S(=O)(=O)Nc1cccc(-c2cnc(N)c(OCc3c(F)ccc(F)c3Cl)n2)c1. The first-order valence-electron chi connectivity index (χ1n) is 11.4. The number of sulfonamides is 1. The molecule has 1 aliphatic rings. The van der Waals surface area contributed by atoms with E-state index < -0.39 is 38.7 Å². The van der Waals surface area contributed by atoms with Crippen LogP contribution in [0.25, 0.3) is 11.3 Å². The second kappa shape index (κ2) is 10.9. The fraction of sp³-hybridized carbons (Fsp3) is 0.333. The lowest BCUT2D eigenvalue weighted by Crippen LogP contribution is -2.44. The summed E-state index contributed by atoms with van der Waals surface area (Å²) in [5, 5.41) is -1.07. The highest BCUT2D eigenvalue weighted by Gasteiger charge is 2.28. The van der Waals surface area contributed by atoms with Gasteiger partial charge in [0.2, 0.25) is 10.0 Å². The van der Waals surface area contributed by atoms with Gasteiger partial charge in [0.1, 0.15) is 23.6 Å². The van der Waals surface area contributed by atoms with Crippen LogP contribution in [-0.4, -0.2) is 41.7 Å². The fourth-order valence-electron chi connectivity index (χ4n) is 3.94. The van der Waals surface area contributed by atoms with Gasteiger partial charge in [-0.25, -0.2) is 27.2 Å². The lowest BCUT2D eigenvalue weighted by molar-refractivity contribution is 0.216. The summed E-state index contributed by atoms with van der Waals surface area (Å²) in [5.41, 5.74) is 6.94. The van der Waals surface area contributed by atoms with Crippen LogP contribution >= 0.6 is 11.6 Å². The standard InChI is InChI=1S/C24H26ClF2N5O3S/c1-15(32-10-3-2-4-11-32)36(33,34)31-17-7-5-6-16(12-17)21-13-29-23(28)24(30-21)35-14-18-19(26)8-9-20(27)22(18)25/h5-9,12-13,15,31H,2-4,10-11,14H2,1H3,(H2,28,29). The van der Waals surface area contributed by atoms with Gasteiger partial charge in [0, 0.05) is 16.8 Å². The van der Waals surface area contributed by atoms with E-state index in [4.69, 9.17) is 22.1 Å². The molecule has 1 unspecified atom stereocenters. The molecule has 12 heteroatoms. The summed E-state index contributed by atoms with van der Waals surface area (Å²) >= 11 is 5.85. The quantitative estimate of drug-likeness (QED) is 0.397. The Bertz CT molecular complexity index is 1350. The molecule has 0 aliphatic carbocycles. The predicted octanol–water partition coefficient (Wildman–Crippen LogP) is 4.81. The largest absolute Gasteiger partial charge is 0.470 e. The van der Waals surface area contributed by atoms with Crippen molar-refractivity contribution in [1.82, 2.24) is 14.9 Å². The third-order valence-electron chi connectivity index (χ3n) is 6.03. The van der Waals surface area contributed by atoms with E-state index in [2.05, 4.69) is 14.7 Å². The Balaban J connectivity index is 1.52. The zero-order chi connectivity index (χ0) is 25.9. The molecular formula is C24H26ClF2N5O3S. The number of aromatic nitrogens is 2. The van der Waals surface area contributed by atoms with Crippen molar-refractivity contribution in [3.63, 3.8) is 0 Å². The van der Waals surface area contributed by atoms with Gasteiger partial charge in [-0.3, -0.25) is 9.62 Å². The Morgan fingerprint density at radius 1 is 1.17 bits per heavy atom. The molecule has 0 amide bonds. The molecule has 1 atom stereocenters. The van der Waals surface area contributed by atoms with E-state index >= 15 is 0 Å². The third-order valence-corrected chi connectivity index (χ3v) is 8.16. The number of ether oxygens (including phenoxy) is 1. The molecule has 3 N–H and O–H groups in total. The number of nitrogen functional groups attached to an aromatic ring is 1. The van der Waals surface area contributed by atoms with Crippen LogP contribution in [0.4, 0.5) is 20.3 Å². The van der Waals surface area contributed by atoms with Gasteiger partial charge in [-0.15, -0.1) is 0 Å². The molecule has 0 spiro atoms. The summed E-state index contributed by atoms with van der Waals surface area (Å²) in [6.07, 6.45) is 4.47. The maximum absolute atomic E-state index is 14.1. The molecule has 0 radical (unpaired) electrons. The molecule has 2 aromatic carbocycles. The highest BCUT2D eigenvalue weighted by molar-refractivity contribution is 7.93. The number of hydrogen-bond donors (Lipinski definition) is 2. The molecule has 1 fully saturated rings. The van der Waals surface area contributed by atoms with Crippen molar-refractivity contribution in [2.75, 3.05) is 23.5 Å². The van der Waals surface area contributed by atoms with Gasteiger partial charge in [0.05, 0.1) is 16.9 Å². The minimum absolute atomic E-state index is 0.0566. The third kappa shape index (κ3) is 5.85. The van der Waals surface area contributed by atoms with Crippen LogP contribution in [0.5, 0.6) is 5.88 Å². The average Bonchev–Trinajstić information content (AvgIpc) is 2.87. The molecular weight excluding hydrogens is 512 g/mol. The van der Waals surface area contributed by atoms with E-state index in [0.29, 0.717) is 16.9 Å². The summed E-state index contributed by atoms with van der Waals surface area (Å²) in [5.74, 6) is -1.67. The van der Waals surface area contributed by atoms with Gasteiger partial charge < -0.3 is 10.5 Å². The van der Waals surface area contributed by atoms with Crippen molar-refractivity contribution in [3.8, 4) is 17.1 Å². The van der Waals surface area contributed by atoms with Gasteiger partial charge >= 0.3 is 0 Å². The van der Waals surface area contributed by atoms with Crippen LogP contribution in [0, 0.1) is 11.6 Å². The van der Waals surface area contributed by atoms with Crippen molar-refractivity contribution in [1.29, 1.82) is 0 Å². The minimum Gasteiger partial charge on any atom is -0.470 e. The highest BCUT2D eigenvalue weighted by Crippen LogP contribution is 2.28. The Morgan fingerprint density at radius 3 is 2.64 bits per heavy atom. The number of anilines is 2. The zero-order valence-corrected chi connectivity index (χ0v) is 21.1. The molecule has 36 heavy (non-hydrogen) atoms. The summed E-state index contributed by atoms with van der Waals surface area (Å²) in [4.78, 5) is 10.4. The molecule has 1 saturated heterocycles. The molecule has 2 heterocycles. The van der Waals surface area contributed by atoms with Crippen molar-refractivity contribution >= 4 is 33.1 Å². The van der Waals surface area contributed by atoms with Crippen molar-refractivity contribution in [2.24, 2.45) is 0 Å². The van der Waals surface area contributed by atoms with Gasteiger partial charge in [0.25, 0.3) is 5.88 Å². The van der Waals surface area contributed by atoms with Crippen molar-refractivity contribution in [3.05, 3.63) is 64.8 Å². The number of nitrogens with zero attached hydrogens (tertiary/aromatic N) is 3. The Hall–Kier alpha value is -3.02. The lowest BCUT2D eigenvalue weighted by atomic mass is 10.1. The Labute approximate surface area is 213 Å². The highest BCUT2D eigenvalue weighted by atomic mass is 35.5. The Kier molecular flexibility index (Phi) is 7.91. The number of hydrogen-bond acceptors (Lipinski definition) is 7. The van der Waals surface area contributed by atoms with Gasteiger partial charge in [-0.05, 0) is 57.1 Å². The molecule has 4 rings (SSSR count). The maximum Gasteiger partial charge on any atom is 0.258 e. The predicted molar refractivity (Wildman–Crippen MR) is 135 cm³/mol. The van der Waals surface area contributed by atoms with E-state index in [-0.39, 0.29) is 17.3 Å². The van der Waals surface area contributed by atoms with Crippen molar-refractivity contribution < 1.29 is 21.9 Å². The number of piperidine rings is 1. The second-order valence-corrected chi connectivity index (χ2v) is 10.8. The summed E-state index contributed by atoms with van der Waals surface area (Å²) in [7, 11) is -3.66. The molecule has 1 aliphatic heterocycles.